The van der Waals surface area contributed by atoms with E-state index in [0.717, 1.165) is 28.3 Å². The molecule has 2 amide bonds. The van der Waals surface area contributed by atoms with Crippen molar-refractivity contribution in [2.75, 3.05) is 5.75 Å². The second-order valence-corrected chi connectivity index (χ2v) is 13.1. The molecule has 11 nitrogen and oxygen atoms in total. The zero-order valence-corrected chi connectivity index (χ0v) is 26.5. The van der Waals surface area contributed by atoms with Crippen molar-refractivity contribution in [3.63, 3.8) is 0 Å². The minimum absolute atomic E-state index is 0.0156. The minimum atomic E-state index is -0.975. The predicted octanol–water partition coefficient (Wildman–Crippen LogP) is 2.33. The number of carbonyl (C=O) groups is 4. The highest BCUT2D eigenvalue weighted by Gasteiger charge is 2.45. The summed E-state index contributed by atoms with van der Waals surface area (Å²) in [5, 5.41) is 37.4. The molecule has 4 atom stereocenters. The molecule has 238 valence electrons. The van der Waals surface area contributed by atoms with Crippen LogP contribution in [-0.4, -0.2) is 66.1 Å². The smallest absolute Gasteiger partial charge is 0.303 e. The Kier molecular flexibility index (Phi) is 8.88. The summed E-state index contributed by atoms with van der Waals surface area (Å²) < 4.78 is 0. The van der Waals surface area contributed by atoms with Crippen LogP contribution in [0.15, 0.2) is 29.5 Å². The molecule has 2 fully saturated rings. The van der Waals surface area contributed by atoms with Crippen LogP contribution in [0.4, 0.5) is 0 Å². The average Bonchev–Trinajstić information content (AvgIpc) is 3.53. The number of carboxylic acids is 2. The number of thioether (sulfide) groups is 1. The van der Waals surface area contributed by atoms with Crippen LogP contribution in [0.3, 0.4) is 0 Å². The Bertz CT molecular complexity index is 1810. The number of carbonyl (C=O) groups excluding carboxylic acids is 2. The molecule has 0 aromatic carbocycles. The molecule has 3 aliphatic heterocycles. The molecule has 2 aromatic rings. The Morgan fingerprint density at radius 1 is 0.956 bits per heavy atom. The Hall–Kier alpha value is -4.45. The van der Waals surface area contributed by atoms with E-state index >= 15 is 0 Å². The number of carboxylic acid groups (broad SMARTS) is 2. The van der Waals surface area contributed by atoms with E-state index in [9.17, 15) is 34.5 Å². The van der Waals surface area contributed by atoms with E-state index in [1.807, 2.05) is 37.8 Å². The van der Waals surface area contributed by atoms with Gasteiger partial charge in [-0.05, 0) is 73.6 Å². The van der Waals surface area contributed by atoms with E-state index < -0.39 is 18.0 Å². The van der Waals surface area contributed by atoms with Gasteiger partial charge in [-0.1, -0.05) is 19.6 Å². The predicted molar refractivity (Wildman–Crippen MR) is 172 cm³/mol. The zero-order valence-electron chi connectivity index (χ0n) is 25.7. The molecule has 0 bridgehead atoms. The summed E-state index contributed by atoms with van der Waals surface area (Å²) in [7, 11) is 0. The van der Waals surface area contributed by atoms with Gasteiger partial charge in [0.15, 0.2) is 0 Å². The van der Waals surface area contributed by atoms with Crippen molar-refractivity contribution >= 4 is 53.4 Å². The number of aliphatic carboxylic acids is 2. The van der Waals surface area contributed by atoms with Crippen molar-refractivity contribution in [3.8, 4) is 0 Å². The topological polar surface area (TPSA) is 185 Å². The summed E-state index contributed by atoms with van der Waals surface area (Å²) in [6.45, 7) is 11.0. The van der Waals surface area contributed by atoms with Crippen molar-refractivity contribution in [1.82, 2.24) is 20.6 Å². The van der Waals surface area contributed by atoms with Gasteiger partial charge in [0, 0.05) is 63.7 Å². The summed E-state index contributed by atoms with van der Waals surface area (Å²) in [5.74, 6) is -1.45. The Labute approximate surface area is 264 Å². The van der Waals surface area contributed by atoms with Crippen LogP contribution in [0.2, 0.25) is 0 Å². The number of amides is 2. The van der Waals surface area contributed by atoms with Gasteiger partial charge in [-0.3, -0.25) is 19.2 Å². The minimum Gasteiger partial charge on any atom is -0.508 e. The molecule has 2 aromatic heterocycles. The average molecular weight is 635 g/mol. The molecular weight excluding hydrogens is 596 g/mol. The second kappa shape index (κ2) is 12.5. The van der Waals surface area contributed by atoms with Crippen LogP contribution < -0.4 is 21.3 Å². The molecule has 0 spiro atoms. The highest BCUT2D eigenvalue weighted by atomic mass is 32.2. The summed E-state index contributed by atoms with van der Waals surface area (Å²) >= 11 is 1.82. The third kappa shape index (κ3) is 6.24. The van der Waals surface area contributed by atoms with Crippen LogP contribution in [0.25, 0.3) is 17.9 Å². The fourth-order valence-electron chi connectivity index (χ4n) is 6.40. The molecule has 7 N–H and O–H groups in total. The molecule has 12 heteroatoms. The van der Waals surface area contributed by atoms with E-state index in [2.05, 4.69) is 27.2 Å². The number of nitrogens with one attached hydrogen (secondary N) is 4. The number of aromatic amines is 2. The summed E-state index contributed by atoms with van der Waals surface area (Å²) in [6, 6.07) is -0.776. The number of aliphatic hydroxyl groups excluding tert-OH is 1. The lowest BCUT2D eigenvalue weighted by atomic mass is 9.91. The Balaban J connectivity index is 1.67. The fourth-order valence-corrected chi connectivity index (χ4v) is 7.31. The van der Waals surface area contributed by atoms with Gasteiger partial charge in [0.2, 0.25) is 5.91 Å². The van der Waals surface area contributed by atoms with Gasteiger partial charge in [-0.15, -0.1) is 0 Å². The van der Waals surface area contributed by atoms with Crippen molar-refractivity contribution in [3.05, 3.63) is 73.8 Å². The van der Waals surface area contributed by atoms with Gasteiger partial charge in [0.1, 0.15) is 11.8 Å². The van der Waals surface area contributed by atoms with Crippen LogP contribution in [-0.2, 0) is 32.0 Å². The lowest BCUT2D eigenvalue weighted by Crippen LogP contribution is -2.33. The van der Waals surface area contributed by atoms with Gasteiger partial charge >= 0.3 is 11.9 Å². The third-order valence-corrected chi connectivity index (χ3v) is 10.1. The van der Waals surface area contributed by atoms with Gasteiger partial charge in [-0.25, -0.2) is 0 Å². The third-order valence-electron chi connectivity index (χ3n) is 9.08. The number of rotatable bonds is 11. The van der Waals surface area contributed by atoms with Gasteiger partial charge in [0.05, 0.1) is 5.35 Å². The van der Waals surface area contributed by atoms with Crippen molar-refractivity contribution in [1.29, 1.82) is 0 Å². The Morgan fingerprint density at radius 3 is 2.18 bits per heavy atom. The largest absolute Gasteiger partial charge is 0.508 e. The second-order valence-electron chi connectivity index (χ2n) is 11.9. The maximum Gasteiger partial charge on any atom is 0.303 e. The zero-order chi connectivity index (χ0) is 32.7. The van der Waals surface area contributed by atoms with Crippen molar-refractivity contribution in [2.45, 2.75) is 64.7 Å². The molecule has 0 saturated carbocycles. The fraction of sp³-hybridized carbons (Fsp3) is 0.394. The number of aliphatic hydroxyl groups is 1. The lowest BCUT2D eigenvalue weighted by Gasteiger charge is -2.12. The molecule has 0 unspecified atom stereocenters. The molecule has 2 saturated heterocycles. The molecule has 0 radical (unpaired) electrons. The first kappa shape index (κ1) is 32.0. The normalized spacial score (nSPS) is 24.7. The van der Waals surface area contributed by atoms with Crippen molar-refractivity contribution in [2.24, 2.45) is 11.8 Å². The molecule has 45 heavy (non-hydrogen) atoms. The summed E-state index contributed by atoms with van der Waals surface area (Å²) in [5.41, 5.74) is 6.16. The quantitative estimate of drug-likeness (QED) is 0.184. The number of allylic oxidation sites excluding steroid dienone is 1. The van der Waals surface area contributed by atoms with Gasteiger partial charge in [0.25, 0.3) is 5.91 Å². The van der Waals surface area contributed by atoms with Crippen LogP contribution in [0.5, 0.6) is 0 Å². The number of hydrogen-bond acceptors (Lipinski definition) is 6. The summed E-state index contributed by atoms with van der Waals surface area (Å²) in [6.07, 6.45) is 5.36. The first-order valence-electron chi connectivity index (χ1n) is 14.9. The van der Waals surface area contributed by atoms with E-state index in [0.29, 0.717) is 43.9 Å². The summed E-state index contributed by atoms with van der Waals surface area (Å²) in [4.78, 5) is 54.8. The van der Waals surface area contributed by atoms with E-state index in [1.165, 1.54) is 6.08 Å². The molecule has 3 aliphatic rings. The highest BCUT2D eigenvalue weighted by Crippen LogP contribution is 2.46. The molecular formula is C33H38N4O7S. The van der Waals surface area contributed by atoms with E-state index in [-0.39, 0.29) is 55.1 Å². The standard InChI is InChI=1S/C33H38N4O7S/c1-6-18-15(3)30(37-33(18)44)31(42)29-16(4)20(8-10-27(40)41)23(35-29)12-22-19(7-9-26(38)39)14(2)21(34-22)11-24-28(25-13-45-25)17(5)32(43)36-24/h6,11-12,17,25,28,30,34-35,42H,1,7-10,13H2,2-5H3,(H,36,43)(H,37,44)(H,38,39)(H,40,41)/b23-12-,24-11-,31-29-/t17-,25+,28-,30+/m1/s1. The van der Waals surface area contributed by atoms with Crippen LogP contribution in [0, 0.1) is 25.7 Å². The molecule has 0 aliphatic carbocycles. The number of hydrogen-bond donors (Lipinski definition) is 7. The van der Waals surface area contributed by atoms with Gasteiger partial charge < -0.3 is 35.9 Å². The molecule has 5 rings (SSSR count). The maximum absolute atomic E-state index is 12.6. The van der Waals surface area contributed by atoms with Crippen molar-refractivity contribution < 1.29 is 34.5 Å². The Morgan fingerprint density at radius 2 is 1.60 bits per heavy atom. The van der Waals surface area contributed by atoms with Crippen LogP contribution in [0.1, 0.15) is 60.3 Å². The first-order valence-corrected chi connectivity index (χ1v) is 15.9. The first-order chi connectivity index (χ1) is 21.3. The SMILES string of the molecule is C=CC1=C(C)[C@@H](/C(O)=c2/[nH]/c(=C\c3[nH]c(/C=C4\NC(=O)[C@H](C)[C@H]4[C@@H]4CS4)c(C)c3CCC(=O)O)c(CCC(=O)O)c2C)NC1=O. The lowest BCUT2D eigenvalue weighted by molar-refractivity contribution is -0.138. The highest BCUT2D eigenvalue weighted by molar-refractivity contribution is 8.06. The van der Waals surface area contributed by atoms with E-state index in [1.54, 1.807) is 13.8 Å². The monoisotopic (exact) mass is 634 g/mol. The van der Waals surface area contributed by atoms with Crippen LogP contribution >= 0.6 is 11.8 Å². The van der Waals surface area contributed by atoms with E-state index in [4.69, 9.17) is 0 Å². The maximum atomic E-state index is 12.6. The molecule has 5 heterocycles. The number of H-pyrrole nitrogens is 2. The number of aromatic nitrogens is 2. The van der Waals surface area contributed by atoms with Gasteiger partial charge in [-0.2, -0.15) is 11.8 Å².